The van der Waals surface area contributed by atoms with Gasteiger partial charge in [0.15, 0.2) is 11.6 Å². The fourth-order valence-electron chi connectivity index (χ4n) is 1.52. The average Bonchev–Trinajstić information content (AvgIpc) is 2.38. The normalized spacial score (nSPS) is 9.53. The third kappa shape index (κ3) is 3.96. The standard InChI is InChI=1S/C14H13FN2O.ClH/c15-12-8-11(14(16)17)6-7-13(12)18-9-10-4-2-1-3-5-10;/h1-8H,9H2,(H3,16,17);1H. The SMILES string of the molecule is Cl.N=C(N)c1ccc(OCc2ccccc2)c(F)c1. The molecular formula is C14H14ClFN2O. The van der Waals surface area contributed by atoms with Crippen molar-refractivity contribution in [2.75, 3.05) is 0 Å². The van der Waals surface area contributed by atoms with Gasteiger partial charge in [0.1, 0.15) is 12.4 Å². The van der Waals surface area contributed by atoms with E-state index in [0.717, 1.165) is 5.56 Å². The Kier molecular flexibility index (Phi) is 5.33. The molecule has 0 amide bonds. The number of hydrogen-bond acceptors (Lipinski definition) is 2. The molecule has 0 atom stereocenters. The van der Waals surface area contributed by atoms with E-state index in [-0.39, 0.29) is 24.0 Å². The van der Waals surface area contributed by atoms with E-state index in [1.165, 1.54) is 12.1 Å². The summed E-state index contributed by atoms with van der Waals surface area (Å²) in [5.41, 5.74) is 6.59. The van der Waals surface area contributed by atoms with Gasteiger partial charge in [-0.15, -0.1) is 12.4 Å². The van der Waals surface area contributed by atoms with Crippen molar-refractivity contribution >= 4 is 18.2 Å². The molecule has 0 aliphatic carbocycles. The molecule has 2 rings (SSSR count). The fourth-order valence-corrected chi connectivity index (χ4v) is 1.52. The van der Waals surface area contributed by atoms with Crippen LogP contribution in [-0.2, 0) is 6.61 Å². The van der Waals surface area contributed by atoms with Crippen molar-refractivity contribution in [3.05, 3.63) is 65.5 Å². The van der Waals surface area contributed by atoms with Crippen molar-refractivity contribution in [1.82, 2.24) is 0 Å². The number of benzene rings is 2. The first-order valence-electron chi connectivity index (χ1n) is 5.47. The maximum atomic E-state index is 13.6. The summed E-state index contributed by atoms with van der Waals surface area (Å²) in [5.74, 6) is -0.522. The van der Waals surface area contributed by atoms with Crippen LogP contribution in [0.15, 0.2) is 48.5 Å². The molecule has 0 spiro atoms. The Morgan fingerprint density at radius 1 is 1.16 bits per heavy atom. The largest absolute Gasteiger partial charge is 0.486 e. The Morgan fingerprint density at radius 3 is 2.42 bits per heavy atom. The van der Waals surface area contributed by atoms with E-state index in [1.807, 2.05) is 30.3 Å². The molecule has 100 valence electrons. The van der Waals surface area contributed by atoms with Crippen LogP contribution >= 0.6 is 12.4 Å². The number of ether oxygens (including phenoxy) is 1. The number of nitrogens with one attached hydrogen (secondary N) is 1. The summed E-state index contributed by atoms with van der Waals surface area (Å²) in [7, 11) is 0. The molecule has 0 fully saturated rings. The van der Waals surface area contributed by atoms with E-state index in [9.17, 15) is 4.39 Å². The number of nitrogens with two attached hydrogens (primary N) is 1. The Hall–Kier alpha value is -2.07. The van der Waals surface area contributed by atoms with Crippen LogP contribution in [0.4, 0.5) is 4.39 Å². The van der Waals surface area contributed by atoms with Crippen LogP contribution in [0.3, 0.4) is 0 Å². The van der Waals surface area contributed by atoms with Gasteiger partial charge in [-0.3, -0.25) is 5.41 Å². The number of hydrogen-bond donors (Lipinski definition) is 2. The average molecular weight is 281 g/mol. The summed E-state index contributed by atoms with van der Waals surface area (Å²) >= 11 is 0. The molecule has 0 saturated heterocycles. The molecule has 3 N–H and O–H groups in total. The van der Waals surface area contributed by atoms with Gasteiger partial charge in [0.05, 0.1) is 0 Å². The summed E-state index contributed by atoms with van der Waals surface area (Å²) in [6.07, 6.45) is 0. The van der Waals surface area contributed by atoms with Crippen LogP contribution in [-0.4, -0.2) is 5.84 Å². The van der Waals surface area contributed by atoms with E-state index in [0.29, 0.717) is 12.2 Å². The molecule has 0 aliphatic heterocycles. The highest BCUT2D eigenvalue weighted by molar-refractivity contribution is 5.95. The minimum Gasteiger partial charge on any atom is -0.486 e. The predicted molar refractivity (Wildman–Crippen MR) is 75.4 cm³/mol. The van der Waals surface area contributed by atoms with E-state index >= 15 is 0 Å². The van der Waals surface area contributed by atoms with Gasteiger partial charge in [-0.1, -0.05) is 30.3 Å². The molecule has 2 aromatic carbocycles. The Morgan fingerprint density at radius 2 is 1.84 bits per heavy atom. The van der Waals surface area contributed by atoms with Gasteiger partial charge < -0.3 is 10.5 Å². The summed E-state index contributed by atoms with van der Waals surface area (Å²) < 4.78 is 19.0. The van der Waals surface area contributed by atoms with Crippen molar-refractivity contribution in [2.24, 2.45) is 5.73 Å². The third-order valence-corrected chi connectivity index (χ3v) is 2.48. The number of rotatable bonds is 4. The number of nitrogen functional groups attached to an aromatic ring is 1. The fraction of sp³-hybridized carbons (Fsp3) is 0.0714. The maximum Gasteiger partial charge on any atom is 0.165 e. The molecule has 5 heteroatoms. The summed E-state index contributed by atoms with van der Waals surface area (Å²) in [4.78, 5) is 0. The highest BCUT2D eigenvalue weighted by Gasteiger charge is 2.06. The highest BCUT2D eigenvalue weighted by atomic mass is 35.5. The molecule has 0 radical (unpaired) electrons. The number of amidine groups is 1. The summed E-state index contributed by atoms with van der Waals surface area (Å²) in [5, 5.41) is 7.21. The van der Waals surface area contributed by atoms with Crippen LogP contribution in [0.25, 0.3) is 0 Å². The number of halogens is 2. The van der Waals surface area contributed by atoms with E-state index in [1.54, 1.807) is 6.07 Å². The van der Waals surface area contributed by atoms with Gasteiger partial charge in [-0.2, -0.15) is 0 Å². The van der Waals surface area contributed by atoms with Crippen LogP contribution < -0.4 is 10.5 Å². The molecule has 0 heterocycles. The lowest BCUT2D eigenvalue weighted by molar-refractivity contribution is 0.290. The lowest BCUT2D eigenvalue weighted by atomic mass is 10.2. The van der Waals surface area contributed by atoms with Crippen LogP contribution in [0.1, 0.15) is 11.1 Å². The van der Waals surface area contributed by atoms with Gasteiger partial charge in [0.2, 0.25) is 0 Å². The predicted octanol–water partition coefficient (Wildman–Crippen LogP) is 3.11. The maximum absolute atomic E-state index is 13.6. The summed E-state index contributed by atoms with van der Waals surface area (Å²) in [6.45, 7) is 0.303. The quantitative estimate of drug-likeness (QED) is 0.668. The smallest absolute Gasteiger partial charge is 0.165 e. The molecule has 0 aliphatic rings. The van der Waals surface area contributed by atoms with Crippen molar-refractivity contribution < 1.29 is 9.13 Å². The van der Waals surface area contributed by atoms with Crippen LogP contribution in [0.5, 0.6) is 5.75 Å². The van der Waals surface area contributed by atoms with E-state index in [2.05, 4.69) is 0 Å². The van der Waals surface area contributed by atoms with E-state index < -0.39 is 5.82 Å². The molecule has 19 heavy (non-hydrogen) atoms. The van der Waals surface area contributed by atoms with Gasteiger partial charge in [0.25, 0.3) is 0 Å². The zero-order valence-electron chi connectivity index (χ0n) is 10.1. The van der Waals surface area contributed by atoms with Gasteiger partial charge in [0, 0.05) is 5.56 Å². The second-order valence-corrected chi connectivity index (χ2v) is 3.83. The van der Waals surface area contributed by atoms with Gasteiger partial charge in [-0.05, 0) is 23.8 Å². The second kappa shape index (κ2) is 6.75. The lowest BCUT2D eigenvalue weighted by Crippen LogP contribution is -2.11. The molecule has 0 saturated carbocycles. The second-order valence-electron chi connectivity index (χ2n) is 3.83. The Balaban J connectivity index is 0.00000180. The first-order chi connectivity index (χ1) is 8.66. The first-order valence-corrected chi connectivity index (χ1v) is 5.47. The van der Waals surface area contributed by atoms with Crippen molar-refractivity contribution in [2.45, 2.75) is 6.61 Å². The highest BCUT2D eigenvalue weighted by Crippen LogP contribution is 2.19. The van der Waals surface area contributed by atoms with Crippen molar-refractivity contribution in [1.29, 1.82) is 5.41 Å². The topological polar surface area (TPSA) is 59.1 Å². The van der Waals surface area contributed by atoms with Crippen molar-refractivity contribution in [3.8, 4) is 5.75 Å². The first kappa shape index (κ1) is 15.0. The molecule has 3 nitrogen and oxygen atoms in total. The summed E-state index contributed by atoms with van der Waals surface area (Å²) in [6, 6.07) is 13.8. The zero-order chi connectivity index (χ0) is 13.0. The molecule has 0 aromatic heterocycles. The minimum atomic E-state index is -0.515. The third-order valence-electron chi connectivity index (χ3n) is 2.48. The zero-order valence-corrected chi connectivity index (χ0v) is 10.9. The molecule has 0 bridgehead atoms. The molecule has 2 aromatic rings. The monoisotopic (exact) mass is 280 g/mol. The Labute approximate surface area is 117 Å². The van der Waals surface area contributed by atoms with Crippen molar-refractivity contribution in [3.63, 3.8) is 0 Å². The van der Waals surface area contributed by atoms with Gasteiger partial charge >= 0.3 is 0 Å². The Bertz CT molecular complexity index is 561. The van der Waals surface area contributed by atoms with E-state index in [4.69, 9.17) is 15.9 Å². The lowest BCUT2D eigenvalue weighted by Gasteiger charge is -2.08. The molecule has 0 unspecified atom stereocenters. The van der Waals surface area contributed by atoms with Crippen LogP contribution in [0, 0.1) is 11.2 Å². The molecular weight excluding hydrogens is 267 g/mol. The van der Waals surface area contributed by atoms with Gasteiger partial charge in [-0.25, -0.2) is 4.39 Å². The minimum absolute atomic E-state index is 0. The van der Waals surface area contributed by atoms with Crippen LogP contribution in [0.2, 0.25) is 0 Å².